The van der Waals surface area contributed by atoms with Crippen molar-refractivity contribution in [2.24, 2.45) is 0 Å². The number of aromatic nitrogens is 1. The first kappa shape index (κ1) is 14.5. The van der Waals surface area contributed by atoms with Gasteiger partial charge in [-0.05, 0) is 43.2 Å². The van der Waals surface area contributed by atoms with Gasteiger partial charge in [-0.15, -0.1) is 0 Å². The summed E-state index contributed by atoms with van der Waals surface area (Å²) >= 11 is 0. The standard InChI is InChI=1S/C17H18FN3O/c18-14-2-1-3-16(12-14)21-10-6-15(7-11-21)20-17(22)13-4-8-19-9-5-13/h1-5,8-9,12,15H,6-7,10-11H2,(H,20,22). The third kappa shape index (κ3) is 3.42. The van der Waals surface area contributed by atoms with Gasteiger partial charge in [-0.2, -0.15) is 0 Å². The second kappa shape index (κ2) is 6.56. The third-order valence-electron chi connectivity index (χ3n) is 3.95. The van der Waals surface area contributed by atoms with Crippen molar-refractivity contribution in [3.05, 3.63) is 60.2 Å². The molecule has 1 aliphatic heterocycles. The molecule has 1 fully saturated rings. The molecular weight excluding hydrogens is 281 g/mol. The number of amides is 1. The van der Waals surface area contributed by atoms with Crippen LogP contribution in [0.25, 0.3) is 0 Å². The highest BCUT2D eigenvalue weighted by Crippen LogP contribution is 2.20. The fourth-order valence-electron chi connectivity index (χ4n) is 2.73. The second-order valence-corrected chi connectivity index (χ2v) is 5.45. The van der Waals surface area contributed by atoms with Crippen LogP contribution in [-0.4, -0.2) is 30.0 Å². The number of benzene rings is 1. The van der Waals surface area contributed by atoms with Gasteiger partial charge in [-0.1, -0.05) is 6.07 Å². The summed E-state index contributed by atoms with van der Waals surface area (Å²) in [7, 11) is 0. The molecule has 0 saturated carbocycles. The Labute approximate surface area is 129 Å². The molecule has 22 heavy (non-hydrogen) atoms. The van der Waals surface area contributed by atoms with Crippen molar-refractivity contribution in [3.63, 3.8) is 0 Å². The smallest absolute Gasteiger partial charge is 0.251 e. The van der Waals surface area contributed by atoms with E-state index in [4.69, 9.17) is 0 Å². The van der Waals surface area contributed by atoms with Crippen LogP contribution in [0.5, 0.6) is 0 Å². The Kier molecular flexibility index (Phi) is 4.32. The van der Waals surface area contributed by atoms with E-state index < -0.39 is 0 Å². The van der Waals surface area contributed by atoms with E-state index in [2.05, 4.69) is 15.2 Å². The summed E-state index contributed by atoms with van der Waals surface area (Å²) in [6.45, 7) is 1.62. The summed E-state index contributed by atoms with van der Waals surface area (Å²) in [5, 5.41) is 3.05. The Morgan fingerprint density at radius 2 is 1.91 bits per heavy atom. The Morgan fingerprint density at radius 3 is 2.59 bits per heavy atom. The molecule has 0 radical (unpaired) electrons. The lowest BCUT2D eigenvalue weighted by Gasteiger charge is -2.34. The minimum atomic E-state index is -0.217. The number of piperidine rings is 1. The molecule has 1 aromatic carbocycles. The fourth-order valence-corrected chi connectivity index (χ4v) is 2.73. The zero-order valence-corrected chi connectivity index (χ0v) is 12.2. The lowest BCUT2D eigenvalue weighted by Crippen LogP contribution is -2.44. The van der Waals surface area contributed by atoms with Crippen molar-refractivity contribution >= 4 is 11.6 Å². The minimum Gasteiger partial charge on any atom is -0.371 e. The van der Waals surface area contributed by atoms with Gasteiger partial charge >= 0.3 is 0 Å². The molecule has 2 heterocycles. The molecule has 0 aliphatic carbocycles. The molecule has 3 rings (SSSR count). The van der Waals surface area contributed by atoms with E-state index in [1.54, 1.807) is 36.7 Å². The van der Waals surface area contributed by atoms with E-state index in [-0.39, 0.29) is 17.8 Å². The quantitative estimate of drug-likeness (QED) is 0.947. The highest BCUT2D eigenvalue weighted by molar-refractivity contribution is 5.94. The Balaban J connectivity index is 1.55. The highest BCUT2D eigenvalue weighted by atomic mass is 19.1. The van der Waals surface area contributed by atoms with Crippen LogP contribution >= 0.6 is 0 Å². The lowest BCUT2D eigenvalue weighted by molar-refractivity contribution is 0.0931. The average molecular weight is 299 g/mol. The van der Waals surface area contributed by atoms with Gasteiger partial charge in [0.1, 0.15) is 5.82 Å². The number of hydrogen-bond acceptors (Lipinski definition) is 3. The summed E-state index contributed by atoms with van der Waals surface area (Å²) in [6.07, 6.45) is 4.93. The maximum atomic E-state index is 13.3. The number of pyridine rings is 1. The number of halogens is 1. The number of anilines is 1. The van der Waals surface area contributed by atoms with Crippen LogP contribution in [-0.2, 0) is 0 Å². The minimum absolute atomic E-state index is 0.0633. The largest absolute Gasteiger partial charge is 0.371 e. The van der Waals surface area contributed by atoms with Crippen LogP contribution in [0, 0.1) is 5.82 Å². The monoisotopic (exact) mass is 299 g/mol. The van der Waals surface area contributed by atoms with Gasteiger partial charge in [-0.25, -0.2) is 4.39 Å². The van der Waals surface area contributed by atoms with Crippen molar-refractivity contribution in [2.45, 2.75) is 18.9 Å². The summed E-state index contributed by atoms with van der Waals surface area (Å²) in [6, 6.07) is 10.2. The van der Waals surface area contributed by atoms with Crippen LogP contribution in [0.2, 0.25) is 0 Å². The van der Waals surface area contributed by atoms with Crippen LogP contribution in [0.4, 0.5) is 10.1 Å². The lowest BCUT2D eigenvalue weighted by atomic mass is 10.0. The molecule has 1 aliphatic rings. The van der Waals surface area contributed by atoms with Gasteiger partial charge < -0.3 is 10.2 Å². The summed E-state index contributed by atoms with van der Waals surface area (Å²) in [5.74, 6) is -0.280. The van der Waals surface area contributed by atoms with Crippen LogP contribution in [0.1, 0.15) is 23.2 Å². The topological polar surface area (TPSA) is 45.2 Å². The number of rotatable bonds is 3. The SMILES string of the molecule is O=C(NC1CCN(c2cccc(F)c2)CC1)c1ccncc1. The fraction of sp³-hybridized carbons (Fsp3) is 0.294. The number of nitrogens with one attached hydrogen (secondary N) is 1. The first-order valence-electron chi connectivity index (χ1n) is 7.44. The van der Waals surface area contributed by atoms with Gasteiger partial charge in [0.15, 0.2) is 0 Å². The predicted octanol–water partition coefficient (Wildman–Crippen LogP) is 2.62. The van der Waals surface area contributed by atoms with Crippen molar-refractivity contribution in [3.8, 4) is 0 Å². The molecule has 1 saturated heterocycles. The van der Waals surface area contributed by atoms with Gasteiger partial charge in [0.25, 0.3) is 5.91 Å². The first-order chi connectivity index (χ1) is 10.7. The highest BCUT2D eigenvalue weighted by Gasteiger charge is 2.21. The Morgan fingerprint density at radius 1 is 1.18 bits per heavy atom. The zero-order valence-electron chi connectivity index (χ0n) is 12.2. The van der Waals surface area contributed by atoms with Crippen molar-refractivity contribution in [1.82, 2.24) is 10.3 Å². The molecular formula is C17H18FN3O. The predicted molar refractivity (Wildman–Crippen MR) is 83.3 cm³/mol. The van der Waals surface area contributed by atoms with Crippen molar-refractivity contribution in [1.29, 1.82) is 0 Å². The van der Waals surface area contributed by atoms with E-state index in [1.807, 2.05) is 6.07 Å². The molecule has 1 amide bonds. The molecule has 0 atom stereocenters. The van der Waals surface area contributed by atoms with Gasteiger partial charge in [0.05, 0.1) is 0 Å². The second-order valence-electron chi connectivity index (χ2n) is 5.45. The van der Waals surface area contributed by atoms with E-state index in [0.29, 0.717) is 5.56 Å². The first-order valence-corrected chi connectivity index (χ1v) is 7.44. The normalized spacial score (nSPS) is 15.6. The molecule has 1 N–H and O–H groups in total. The molecule has 0 bridgehead atoms. The Hall–Kier alpha value is -2.43. The molecule has 2 aromatic rings. The number of nitrogens with zero attached hydrogens (tertiary/aromatic N) is 2. The number of carbonyl (C=O) groups is 1. The summed E-state index contributed by atoms with van der Waals surface area (Å²) in [5.41, 5.74) is 1.53. The Bertz CT molecular complexity index is 639. The molecule has 1 aromatic heterocycles. The van der Waals surface area contributed by atoms with E-state index in [0.717, 1.165) is 31.6 Å². The molecule has 4 nitrogen and oxygen atoms in total. The van der Waals surface area contributed by atoms with Crippen molar-refractivity contribution in [2.75, 3.05) is 18.0 Å². The van der Waals surface area contributed by atoms with Gasteiger partial charge in [0, 0.05) is 42.8 Å². The maximum absolute atomic E-state index is 13.3. The number of hydrogen-bond donors (Lipinski definition) is 1. The van der Waals surface area contributed by atoms with Gasteiger partial charge in [0.2, 0.25) is 0 Å². The summed E-state index contributed by atoms with van der Waals surface area (Å²) in [4.78, 5) is 18.2. The van der Waals surface area contributed by atoms with Crippen LogP contribution in [0.15, 0.2) is 48.8 Å². The molecule has 114 valence electrons. The van der Waals surface area contributed by atoms with Gasteiger partial charge in [-0.3, -0.25) is 9.78 Å². The molecule has 0 spiro atoms. The third-order valence-corrected chi connectivity index (χ3v) is 3.95. The van der Waals surface area contributed by atoms with Crippen LogP contribution in [0.3, 0.4) is 0 Å². The van der Waals surface area contributed by atoms with E-state index in [1.165, 1.54) is 6.07 Å². The molecule has 5 heteroatoms. The zero-order chi connectivity index (χ0) is 15.4. The van der Waals surface area contributed by atoms with Crippen LogP contribution < -0.4 is 10.2 Å². The maximum Gasteiger partial charge on any atom is 0.251 e. The summed E-state index contributed by atoms with van der Waals surface area (Å²) < 4.78 is 13.3. The molecule has 0 unspecified atom stereocenters. The van der Waals surface area contributed by atoms with E-state index >= 15 is 0 Å². The number of carbonyl (C=O) groups excluding carboxylic acids is 1. The van der Waals surface area contributed by atoms with E-state index in [9.17, 15) is 9.18 Å². The average Bonchev–Trinajstić information content (AvgIpc) is 2.56. The van der Waals surface area contributed by atoms with Crippen molar-refractivity contribution < 1.29 is 9.18 Å².